The molecule has 0 N–H and O–H groups in total. The van der Waals surface area contributed by atoms with Gasteiger partial charge < -0.3 is 4.74 Å². The van der Waals surface area contributed by atoms with E-state index in [0.717, 1.165) is 17.2 Å². The fraction of sp³-hybridized carbons (Fsp3) is 0.111. The lowest BCUT2D eigenvalue weighted by Gasteiger charge is -2.06. The zero-order chi connectivity index (χ0) is 13.7. The van der Waals surface area contributed by atoms with Gasteiger partial charge in [-0.05, 0) is 69.8 Å². The Bertz CT molecular complexity index is 836. The average Bonchev–Trinajstić information content (AvgIpc) is 2.81. The topological polar surface area (TPSA) is 9.23 Å². The Labute approximate surface area is 122 Å². The molecule has 0 spiro atoms. The van der Waals surface area contributed by atoms with Crippen LogP contribution >= 0.6 is 11.6 Å². The van der Waals surface area contributed by atoms with Crippen LogP contribution in [0.25, 0.3) is 21.9 Å². The van der Waals surface area contributed by atoms with Gasteiger partial charge in [0, 0.05) is 5.02 Å². The monoisotopic (exact) mass is 280 g/mol. The summed E-state index contributed by atoms with van der Waals surface area (Å²) in [7, 11) is 1.70. The van der Waals surface area contributed by atoms with E-state index < -0.39 is 0 Å². The number of ether oxygens (including phenoxy) is 1. The van der Waals surface area contributed by atoms with Crippen LogP contribution in [0, 0.1) is 0 Å². The second-order valence-electron chi connectivity index (χ2n) is 5.20. The van der Waals surface area contributed by atoms with E-state index in [9.17, 15) is 0 Å². The maximum absolute atomic E-state index is 6.14. The smallest absolute Gasteiger partial charge is 0.119 e. The second kappa shape index (κ2) is 4.26. The normalized spacial score (nSPS) is 12.3. The van der Waals surface area contributed by atoms with Gasteiger partial charge in [0.05, 0.1) is 7.11 Å². The largest absolute Gasteiger partial charge is 0.497 e. The van der Waals surface area contributed by atoms with Crippen LogP contribution in [0.3, 0.4) is 0 Å². The minimum Gasteiger partial charge on any atom is -0.497 e. The molecule has 98 valence electrons. The molecule has 0 saturated carbocycles. The fourth-order valence-electron chi connectivity index (χ4n) is 3.01. The lowest BCUT2D eigenvalue weighted by Crippen LogP contribution is -1.85. The Morgan fingerprint density at radius 2 is 1.70 bits per heavy atom. The Kier molecular flexibility index (Phi) is 2.51. The summed E-state index contributed by atoms with van der Waals surface area (Å²) in [5, 5.41) is 3.25. The van der Waals surface area contributed by atoms with E-state index >= 15 is 0 Å². The van der Waals surface area contributed by atoms with Crippen molar-refractivity contribution in [3.63, 3.8) is 0 Å². The van der Waals surface area contributed by atoms with Crippen LogP contribution in [0.2, 0.25) is 5.02 Å². The SMILES string of the molecule is COc1ccc2cc3c(cc2c1)-c1cc(Cl)ccc1C3. The third-order valence-corrected chi connectivity index (χ3v) is 4.25. The van der Waals surface area contributed by atoms with E-state index in [2.05, 4.69) is 36.4 Å². The van der Waals surface area contributed by atoms with E-state index in [-0.39, 0.29) is 0 Å². The maximum atomic E-state index is 6.14. The van der Waals surface area contributed by atoms with Gasteiger partial charge in [-0.15, -0.1) is 0 Å². The van der Waals surface area contributed by atoms with E-state index in [1.807, 2.05) is 12.1 Å². The maximum Gasteiger partial charge on any atom is 0.119 e. The quantitative estimate of drug-likeness (QED) is 0.473. The van der Waals surface area contributed by atoms with E-state index in [1.165, 1.54) is 33.0 Å². The highest BCUT2D eigenvalue weighted by atomic mass is 35.5. The predicted molar refractivity (Wildman–Crippen MR) is 83.8 cm³/mol. The van der Waals surface area contributed by atoms with Crippen molar-refractivity contribution in [2.45, 2.75) is 6.42 Å². The van der Waals surface area contributed by atoms with Crippen molar-refractivity contribution >= 4 is 22.4 Å². The molecule has 20 heavy (non-hydrogen) atoms. The van der Waals surface area contributed by atoms with Gasteiger partial charge in [-0.2, -0.15) is 0 Å². The molecular formula is C18H13ClO. The van der Waals surface area contributed by atoms with Gasteiger partial charge in [-0.3, -0.25) is 0 Å². The van der Waals surface area contributed by atoms with Crippen LogP contribution < -0.4 is 4.74 Å². The second-order valence-corrected chi connectivity index (χ2v) is 5.64. The molecule has 0 heterocycles. The summed E-state index contributed by atoms with van der Waals surface area (Å²) < 4.78 is 5.31. The van der Waals surface area contributed by atoms with Crippen molar-refractivity contribution in [1.82, 2.24) is 0 Å². The van der Waals surface area contributed by atoms with Crippen LogP contribution in [0.5, 0.6) is 5.75 Å². The Hall–Kier alpha value is -1.99. The Morgan fingerprint density at radius 3 is 2.55 bits per heavy atom. The summed E-state index contributed by atoms with van der Waals surface area (Å²) in [6.07, 6.45) is 0.990. The number of methoxy groups -OCH3 is 1. The molecule has 1 aliphatic carbocycles. The van der Waals surface area contributed by atoms with Gasteiger partial charge in [0.25, 0.3) is 0 Å². The highest BCUT2D eigenvalue weighted by molar-refractivity contribution is 6.31. The molecule has 0 aromatic heterocycles. The number of fused-ring (bicyclic) bond motifs is 4. The van der Waals surface area contributed by atoms with Gasteiger partial charge in [0.1, 0.15) is 5.75 Å². The lowest BCUT2D eigenvalue weighted by molar-refractivity contribution is 0.415. The highest BCUT2D eigenvalue weighted by Gasteiger charge is 2.19. The number of rotatable bonds is 1. The van der Waals surface area contributed by atoms with E-state index in [4.69, 9.17) is 16.3 Å². The first-order valence-electron chi connectivity index (χ1n) is 6.64. The zero-order valence-electron chi connectivity index (χ0n) is 11.1. The molecular weight excluding hydrogens is 268 g/mol. The molecule has 0 unspecified atom stereocenters. The predicted octanol–water partition coefficient (Wildman–Crippen LogP) is 5.07. The van der Waals surface area contributed by atoms with Crippen molar-refractivity contribution in [2.75, 3.05) is 7.11 Å². The van der Waals surface area contributed by atoms with Crippen molar-refractivity contribution in [3.05, 3.63) is 64.7 Å². The van der Waals surface area contributed by atoms with Gasteiger partial charge in [0.2, 0.25) is 0 Å². The third kappa shape index (κ3) is 1.70. The molecule has 1 nitrogen and oxygen atoms in total. The summed E-state index contributed by atoms with van der Waals surface area (Å²) in [6.45, 7) is 0. The fourth-order valence-corrected chi connectivity index (χ4v) is 3.18. The van der Waals surface area contributed by atoms with Crippen molar-refractivity contribution in [1.29, 1.82) is 0 Å². The summed E-state index contributed by atoms with van der Waals surface area (Å²) in [5.74, 6) is 0.891. The summed E-state index contributed by atoms with van der Waals surface area (Å²) >= 11 is 6.14. The summed E-state index contributed by atoms with van der Waals surface area (Å²) in [6, 6.07) is 16.9. The molecule has 0 amide bonds. The first-order chi connectivity index (χ1) is 9.74. The van der Waals surface area contributed by atoms with Crippen LogP contribution in [0.4, 0.5) is 0 Å². The number of hydrogen-bond donors (Lipinski definition) is 0. The first-order valence-corrected chi connectivity index (χ1v) is 7.02. The Balaban J connectivity index is 1.98. The van der Waals surface area contributed by atoms with Gasteiger partial charge in [0.15, 0.2) is 0 Å². The first kappa shape index (κ1) is 11.8. The van der Waals surface area contributed by atoms with Gasteiger partial charge in [-0.1, -0.05) is 29.8 Å². The highest BCUT2D eigenvalue weighted by Crippen LogP contribution is 2.40. The molecule has 4 rings (SSSR count). The van der Waals surface area contributed by atoms with Crippen molar-refractivity contribution in [3.8, 4) is 16.9 Å². The van der Waals surface area contributed by atoms with E-state index in [0.29, 0.717) is 0 Å². The molecule has 0 atom stereocenters. The molecule has 0 radical (unpaired) electrons. The van der Waals surface area contributed by atoms with Crippen LogP contribution in [0.15, 0.2) is 48.5 Å². The molecule has 3 aromatic rings. The lowest BCUT2D eigenvalue weighted by atomic mass is 10.0. The molecule has 0 fully saturated rings. The molecule has 2 heteroatoms. The number of halogens is 1. The molecule has 1 aliphatic rings. The van der Waals surface area contributed by atoms with Crippen LogP contribution in [0.1, 0.15) is 11.1 Å². The Morgan fingerprint density at radius 1 is 0.850 bits per heavy atom. The summed E-state index contributed by atoms with van der Waals surface area (Å²) in [5.41, 5.74) is 5.28. The molecule has 0 bridgehead atoms. The number of benzene rings is 3. The van der Waals surface area contributed by atoms with Crippen molar-refractivity contribution in [2.24, 2.45) is 0 Å². The summed E-state index contributed by atoms with van der Waals surface area (Å²) in [4.78, 5) is 0. The van der Waals surface area contributed by atoms with Gasteiger partial charge >= 0.3 is 0 Å². The molecule has 0 saturated heterocycles. The number of hydrogen-bond acceptors (Lipinski definition) is 1. The third-order valence-electron chi connectivity index (χ3n) is 4.01. The molecule has 3 aromatic carbocycles. The molecule has 0 aliphatic heterocycles. The van der Waals surface area contributed by atoms with Crippen LogP contribution in [-0.4, -0.2) is 7.11 Å². The van der Waals surface area contributed by atoms with Gasteiger partial charge in [-0.25, -0.2) is 0 Å². The minimum atomic E-state index is 0.794. The average molecular weight is 281 g/mol. The minimum absolute atomic E-state index is 0.794. The van der Waals surface area contributed by atoms with Crippen molar-refractivity contribution < 1.29 is 4.74 Å². The standard InChI is InChI=1S/C18H13ClO/c1-20-16-5-3-11-6-14-7-12-2-4-15(19)10-18(12)17(14)9-13(11)8-16/h2-6,8-10H,7H2,1H3. The van der Waals surface area contributed by atoms with E-state index in [1.54, 1.807) is 7.11 Å². The zero-order valence-corrected chi connectivity index (χ0v) is 11.9. The van der Waals surface area contributed by atoms with Crippen LogP contribution in [-0.2, 0) is 6.42 Å².